The minimum Gasteiger partial charge on any atom is -0.315 e. The molecule has 0 saturated heterocycles. The topological polar surface area (TPSA) is 60.6 Å². The van der Waals surface area contributed by atoms with Crippen LogP contribution in [0.1, 0.15) is 18.5 Å². The first-order chi connectivity index (χ1) is 12.4. The van der Waals surface area contributed by atoms with Crippen molar-refractivity contribution in [1.29, 1.82) is 0 Å². The maximum Gasteiger partial charge on any atom is 0.447 e. The third-order valence-electron chi connectivity index (χ3n) is 3.97. The van der Waals surface area contributed by atoms with Crippen molar-refractivity contribution in [3.63, 3.8) is 0 Å². The molecule has 0 aliphatic rings. The van der Waals surface area contributed by atoms with E-state index in [1.165, 1.54) is 6.92 Å². The molecule has 0 aliphatic heterocycles. The van der Waals surface area contributed by atoms with Crippen LogP contribution in [-0.4, -0.2) is 25.7 Å². The summed E-state index contributed by atoms with van der Waals surface area (Å²) in [5.41, 5.74) is -1.58. The van der Waals surface area contributed by atoms with Gasteiger partial charge in [-0.05, 0) is 31.2 Å². The molecule has 0 bridgehead atoms. The first-order valence-electron chi connectivity index (χ1n) is 7.68. The van der Waals surface area contributed by atoms with Gasteiger partial charge in [0.2, 0.25) is 6.04 Å². The van der Waals surface area contributed by atoms with E-state index in [2.05, 4.69) is 0 Å². The van der Waals surface area contributed by atoms with Crippen LogP contribution < -0.4 is 9.86 Å². The molecule has 1 unspecified atom stereocenters. The number of aromatic nitrogens is 1. The van der Waals surface area contributed by atoms with Crippen LogP contribution in [0.3, 0.4) is 0 Å². The summed E-state index contributed by atoms with van der Waals surface area (Å²) in [5.74, 6) is -2.18. The molecule has 0 spiro atoms. The molecule has 1 N–H and O–H groups in total. The zero-order chi connectivity index (χ0) is 20.6. The quantitative estimate of drug-likeness (QED) is 0.760. The lowest BCUT2D eigenvalue weighted by molar-refractivity contribution is -0.820. The minimum atomic E-state index is -4.99. The van der Waals surface area contributed by atoms with Crippen molar-refractivity contribution >= 4 is 10.0 Å². The highest BCUT2D eigenvalue weighted by atomic mass is 32.2. The van der Waals surface area contributed by atoms with Gasteiger partial charge in [0, 0.05) is 24.9 Å². The first-order valence-corrected chi connectivity index (χ1v) is 9.17. The third-order valence-corrected chi connectivity index (χ3v) is 6.03. The van der Waals surface area contributed by atoms with Gasteiger partial charge in [-0.25, -0.2) is 13.1 Å². The highest BCUT2D eigenvalue weighted by Crippen LogP contribution is 2.31. The lowest BCUT2D eigenvalue weighted by Crippen LogP contribution is -3.15. The molecule has 0 saturated carbocycles. The second kappa shape index (κ2) is 7.39. The molecule has 2 rings (SSSR count). The smallest absolute Gasteiger partial charge is 0.315 e. The predicted octanol–water partition coefficient (Wildman–Crippen LogP) is 1.56. The van der Waals surface area contributed by atoms with E-state index in [1.54, 1.807) is 0 Å². The van der Waals surface area contributed by atoms with E-state index in [4.69, 9.17) is 0 Å². The van der Waals surface area contributed by atoms with Crippen molar-refractivity contribution in [2.75, 3.05) is 6.54 Å². The van der Waals surface area contributed by atoms with Crippen molar-refractivity contribution in [3.05, 3.63) is 64.1 Å². The van der Waals surface area contributed by atoms with Crippen molar-refractivity contribution in [1.82, 2.24) is 4.57 Å². The molecule has 2 atom stereocenters. The van der Waals surface area contributed by atoms with Crippen molar-refractivity contribution < 1.29 is 34.7 Å². The number of benzene rings is 1. The van der Waals surface area contributed by atoms with Crippen molar-refractivity contribution in [2.24, 2.45) is 7.05 Å². The Morgan fingerprint density at radius 2 is 1.70 bits per heavy atom. The Bertz CT molecular complexity index is 958. The zero-order valence-corrected chi connectivity index (χ0v) is 15.0. The maximum absolute atomic E-state index is 13.7. The lowest BCUT2D eigenvalue weighted by Gasteiger charge is -2.28. The van der Waals surface area contributed by atoms with Crippen molar-refractivity contribution in [3.8, 4) is 0 Å². The highest BCUT2D eigenvalue weighted by Gasteiger charge is 2.52. The molecule has 5 nitrogen and oxygen atoms in total. The first kappa shape index (κ1) is 21.0. The van der Waals surface area contributed by atoms with Gasteiger partial charge in [0.15, 0.2) is 5.82 Å². The summed E-state index contributed by atoms with van der Waals surface area (Å²) in [5, 5.41) is 0. The number of nitrogens with one attached hydrogen (secondary N) is 1. The van der Waals surface area contributed by atoms with Gasteiger partial charge < -0.3 is 4.57 Å². The van der Waals surface area contributed by atoms with E-state index in [0.29, 0.717) is 10.6 Å². The van der Waals surface area contributed by atoms with E-state index in [-0.39, 0.29) is 0 Å². The van der Waals surface area contributed by atoms with Crippen LogP contribution in [0.15, 0.2) is 46.2 Å². The van der Waals surface area contributed by atoms with Crippen LogP contribution in [-0.2, 0) is 17.1 Å². The van der Waals surface area contributed by atoms with Gasteiger partial charge in [-0.1, -0.05) is 0 Å². The predicted molar refractivity (Wildman–Crippen MR) is 85.5 cm³/mol. The number of sulfonamides is 1. The third kappa shape index (κ3) is 4.19. The summed E-state index contributed by atoms with van der Waals surface area (Å²) in [7, 11) is -3.67. The number of hydrogen-bond acceptors (Lipinski definition) is 3. The average Bonchev–Trinajstić information content (AvgIpc) is 2.56. The molecular formula is C16H16F5N2O3S+. The van der Waals surface area contributed by atoms with Gasteiger partial charge in [-0.3, -0.25) is 4.79 Å². The van der Waals surface area contributed by atoms with Crippen LogP contribution in [0.5, 0.6) is 0 Å². The van der Waals surface area contributed by atoms with Crippen molar-refractivity contribution in [2.45, 2.75) is 24.0 Å². The molecule has 11 heteroatoms. The molecular weight excluding hydrogens is 395 g/mol. The summed E-state index contributed by atoms with van der Waals surface area (Å²) in [6, 6.07) is 1.14. The van der Waals surface area contributed by atoms with Crippen LogP contribution in [0.2, 0.25) is 0 Å². The molecule has 1 heterocycles. The number of rotatable bonds is 5. The van der Waals surface area contributed by atoms with Crippen LogP contribution >= 0.6 is 0 Å². The largest absolute Gasteiger partial charge is 0.447 e. The number of halogens is 5. The average molecular weight is 411 g/mol. The fourth-order valence-corrected chi connectivity index (χ4v) is 4.52. The van der Waals surface area contributed by atoms with Gasteiger partial charge in [-0.2, -0.15) is 21.6 Å². The molecule has 0 radical (unpaired) electrons. The van der Waals surface area contributed by atoms with Gasteiger partial charge in [-0.15, -0.1) is 0 Å². The summed E-state index contributed by atoms with van der Waals surface area (Å²) in [6.45, 7) is 0.696. The number of nitrogens with zero attached hydrogens (tertiary/aromatic N) is 1. The molecule has 27 heavy (non-hydrogen) atoms. The number of quaternary nitrogens is 1. The summed E-state index contributed by atoms with van der Waals surface area (Å²) >= 11 is 0. The molecule has 0 amide bonds. The number of hydrogen-bond donors (Lipinski definition) is 1. The Labute approximate surface area is 151 Å². The second-order valence-corrected chi connectivity index (χ2v) is 7.79. The Balaban J connectivity index is 2.66. The van der Waals surface area contributed by atoms with Crippen LogP contribution in [0, 0.1) is 11.6 Å². The van der Waals surface area contributed by atoms with E-state index in [0.717, 1.165) is 37.5 Å². The van der Waals surface area contributed by atoms with E-state index < -0.39 is 60.7 Å². The standard InChI is InChI=1S/C16H15F5N2O3S/c1-3-23(14(16(19,20)21)10-4-6-11(17)7-5-10)27(25,26)12-8-13(18)15(24)22(2)9-12/h4-9,14H,3H2,1-2H3/p+1/t14-/m1/s1. The summed E-state index contributed by atoms with van der Waals surface area (Å²) in [4.78, 5) is 10.6. The molecule has 1 aromatic heterocycles. The molecule has 148 valence electrons. The molecule has 0 aliphatic carbocycles. The fraction of sp³-hybridized carbons (Fsp3) is 0.312. The zero-order valence-electron chi connectivity index (χ0n) is 14.2. The van der Waals surface area contributed by atoms with E-state index in [1.807, 2.05) is 0 Å². The highest BCUT2D eigenvalue weighted by molar-refractivity contribution is 7.85. The monoisotopic (exact) mass is 411 g/mol. The maximum atomic E-state index is 13.7. The normalized spacial score (nSPS) is 14.8. The minimum absolute atomic E-state index is 0.394. The number of aryl methyl sites for hydroxylation is 1. The fourth-order valence-electron chi connectivity index (χ4n) is 2.70. The lowest BCUT2D eigenvalue weighted by atomic mass is 10.1. The molecule has 1 aromatic carbocycles. The number of alkyl halides is 3. The van der Waals surface area contributed by atoms with E-state index >= 15 is 0 Å². The van der Waals surface area contributed by atoms with Gasteiger partial charge in [0.1, 0.15) is 10.7 Å². The van der Waals surface area contributed by atoms with Gasteiger partial charge in [0.05, 0.1) is 6.54 Å². The Kier molecular flexibility index (Phi) is 5.76. The summed E-state index contributed by atoms with van der Waals surface area (Å²) in [6.07, 6.45) is -4.23. The van der Waals surface area contributed by atoms with E-state index in [9.17, 15) is 35.2 Å². The SMILES string of the molecule is CC[NH+]([C@H](c1ccc(F)cc1)C(F)(F)F)S(=O)(=O)c1cc(F)c(=O)n(C)c1. The van der Waals surface area contributed by atoms with Crippen LogP contribution in [0.25, 0.3) is 0 Å². The number of pyridine rings is 1. The summed E-state index contributed by atoms with van der Waals surface area (Å²) < 4.78 is 93.2. The Morgan fingerprint density at radius 3 is 2.15 bits per heavy atom. The van der Waals surface area contributed by atoms with Crippen LogP contribution in [0.4, 0.5) is 22.0 Å². The molecule has 0 fully saturated rings. The molecule has 2 aromatic rings. The Hall–Kier alpha value is -2.27. The second-order valence-electron chi connectivity index (χ2n) is 5.79. The van der Waals surface area contributed by atoms with Gasteiger partial charge in [0.25, 0.3) is 5.56 Å². The Morgan fingerprint density at radius 1 is 1.15 bits per heavy atom. The van der Waals surface area contributed by atoms with Gasteiger partial charge >= 0.3 is 16.2 Å².